The highest BCUT2D eigenvalue weighted by Gasteiger charge is 2.09. The van der Waals surface area contributed by atoms with Gasteiger partial charge >= 0.3 is 0 Å². The van der Waals surface area contributed by atoms with Crippen molar-refractivity contribution in [1.82, 2.24) is 14.8 Å². The molecule has 0 saturated heterocycles. The summed E-state index contributed by atoms with van der Waals surface area (Å²) in [5, 5.41) is 11.0. The Bertz CT molecular complexity index is 807. The number of hydrogen-bond acceptors (Lipinski definition) is 5. The molecule has 6 nitrogen and oxygen atoms in total. The average Bonchev–Trinajstić information content (AvgIpc) is 3.07. The zero-order valence-corrected chi connectivity index (χ0v) is 13.1. The number of benzene rings is 1. The molecule has 22 heavy (non-hydrogen) atoms. The van der Waals surface area contributed by atoms with E-state index in [4.69, 9.17) is 5.73 Å². The number of rotatable bonds is 5. The van der Waals surface area contributed by atoms with Crippen molar-refractivity contribution in [2.75, 3.05) is 11.9 Å². The van der Waals surface area contributed by atoms with E-state index >= 15 is 0 Å². The molecule has 2 aromatic heterocycles. The normalized spacial score (nSPS) is 11.0. The molecule has 0 radical (unpaired) electrons. The lowest BCUT2D eigenvalue weighted by Crippen LogP contribution is -2.14. The van der Waals surface area contributed by atoms with Gasteiger partial charge in [0.2, 0.25) is 5.91 Å². The van der Waals surface area contributed by atoms with Crippen molar-refractivity contribution < 1.29 is 4.79 Å². The molecule has 3 rings (SSSR count). The van der Waals surface area contributed by atoms with Gasteiger partial charge in [-0.05, 0) is 24.7 Å². The quantitative estimate of drug-likeness (QED) is 0.750. The van der Waals surface area contributed by atoms with Gasteiger partial charge < -0.3 is 11.1 Å². The van der Waals surface area contributed by atoms with Crippen molar-refractivity contribution in [2.24, 2.45) is 12.8 Å². The number of hydrogen-bond donors (Lipinski definition) is 2. The van der Waals surface area contributed by atoms with E-state index in [1.165, 1.54) is 0 Å². The van der Waals surface area contributed by atoms with Gasteiger partial charge in [-0.2, -0.15) is 5.10 Å². The Kier molecular flexibility index (Phi) is 4.17. The summed E-state index contributed by atoms with van der Waals surface area (Å²) in [5.41, 5.74) is 8.03. The summed E-state index contributed by atoms with van der Waals surface area (Å²) in [4.78, 5) is 16.5. The van der Waals surface area contributed by atoms with Gasteiger partial charge in [0.15, 0.2) is 0 Å². The topological polar surface area (TPSA) is 85.8 Å². The second-order valence-electron chi connectivity index (χ2n) is 5.04. The Hall–Kier alpha value is -2.25. The summed E-state index contributed by atoms with van der Waals surface area (Å²) in [5.74, 6) is -0.0777. The molecular formula is C15H17N5OS. The van der Waals surface area contributed by atoms with E-state index in [1.807, 2.05) is 30.6 Å². The van der Waals surface area contributed by atoms with Gasteiger partial charge in [-0.1, -0.05) is 0 Å². The minimum atomic E-state index is -0.0777. The Balaban J connectivity index is 1.68. The van der Waals surface area contributed by atoms with E-state index in [0.717, 1.165) is 33.7 Å². The lowest BCUT2D eigenvalue weighted by Gasteiger charge is -2.05. The van der Waals surface area contributed by atoms with Crippen LogP contribution in [0.3, 0.4) is 0 Å². The molecule has 3 aromatic rings. The predicted molar refractivity (Wildman–Crippen MR) is 87.9 cm³/mol. The van der Waals surface area contributed by atoms with Crippen molar-refractivity contribution in [1.29, 1.82) is 0 Å². The van der Waals surface area contributed by atoms with Crippen LogP contribution >= 0.6 is 11.3 Å². The Morgan fingerprint density at radius 3 is 3.14 bits per heavy atom. The third-order valence-electron chi connectivity index (χ3n) is 3.33. The second kappa shape index (κ2) is 6.25. The van der Waals surface area contributed by atoms with Crippen molar-refractivity contribution in [3.63, 3.8) is 0 Å². The molecule has 0 aliphatic heterocycles. The number of nitrogens with two attached hydrogens (primary N) is 1. The summed E-state index contributed by atoms with van der Waals surface area (Å²) < 4.78 is 1.78. The van der Waals surface area contributed by atoms with Crippen LogP contribution in [0.2, 0.25) is 0 Å². The van der Waals surface area contributed by atoms with Crippen LogP contribution in [0.4, 0.5) is 5.69 Å². The number of aromatic nitrogens is 3. The maximum Gasteiger partial charge on any atom is 0.230 e. The molecule has 0 aliphatic carbocycles. The van der Waals surface area contributed by atoms with Crippen LogP contribution in [0, 0.1) is 0 Å². The third kappa shape index (κ3) is 3.15. The fourth-order valence-electron chi connectivity index (χ4n) is 2.26. The lowest BCUT2D eigenvalue weighted by atomic mass is 10.2. The fraction of sp³-hybridized carbons (Fsp3) is 0.267. The average molecular weight is 315 g/mol. The fourth-order valence-corrected chi connectivity index (χ4v) is 3.07. The van der Waals surface area contributed by atoms with Gasteiger partial charge in [0.05, 0.1) is 28.8 Å². The number of nitrogens with one attached hydrogen (secondary N) is 1. The molecule has 1 amide bonds. The zero-order valence-electron chi connectivity index (χ0n) is 12.2. The number of amides is 1. The first-order valence-electron chi connectivity index (χ1n) is 7.00. The largest absolute Gasteiger partial charge is 0.330 e. The molecule has 0 atom stereocenters. The van der Waals surface area contributed by atoms with Gasteiger partial charge in [0.1, 0.15) is 0 Å². The molecule has 2 heterocycles. The number of nitrogens with zero attached hydrogens (tertiary/aromatic N) is 3. The van der Waals surface area contributed by atoms with Gasteiger partial charge in [-0.25, -0.2) is 4.98 Å². The summed E-state index contributed by atoms with van der Waals surface area (Å²) in [6.07, 6.45) is 2.82. The second-order valence-corrected chi connectivity index (χ2v) is 5.98. The Morgan fingerprint density at radius 1 is 1.45 bits per heavy atom. The van der Waals surface area contributed by atoms with E-state index in [2.05, 4.69) is 15.4 Å². The smallest absolute Gasteiger partial charge is 0.230 e. The van der Waals surface area contributed by atoms with Gasteiger partial charge in [0.25, 0.3) is 0 Å². The maximum absolute atomic E-state index is 12.1. The van der Waals surface area contributed by atoms with E-state index in [9.17, 15) is 4.79 Å². The lowest BCUT2D eigenvalue weighted by molar-refractivity contribution is -0.115. The van der Waals surface area contributed by atoms with Gasteiger partial charge in [-0.3, -0.25) is 9.48 Å². The molecule has 3 N–H and O–H groups in total. The molecule has 0 aliphatic rings. The predicted octanol–water partition coefficient (Wildman–Crippen LogP) is 1.71. The monoisotopic (exact) mass is 315 g/mol. The van der Waals surface area contributed by atoms with Crippen molar-refractivity contribution in [2.45, 2.75) is 12.8 Å². The Morgan fingerprint density at radius 2 is 2.32 bits per heavy atom. The number of thiazole rings is 1. The molecule has 0 bridgehead atoms. The van der Waals surface area contributed by atoms with Crippen molar-refractivity contribution in [3.05, 3.63) is 40.5 Å². The standard InChI is InChI=1S/C15H17N5OS/c1-20-13-6-11(3-2-10(13)8-17-20)18-14(21)7-12-9-22-15(19-12)4-5-16/h2-3,6,8-9H,4-5,7,16H2,1H3,(H,18,21). The molecule has 0 saturated carbocycles. The highest BCUT2D eigenvalue weighted by atomic mass is 32.1. The van der Waals surface area contributed by atoms with Crippen LogP contribution in [0.15, 0.2) is 29.8 Å². The molecule has 1 aromatic carbocycles. The summed E-state index contributed by atoms with van der Waals surface area (Å²) in [6.45, 7) is 0.573. The van der Waals surface area contributed by atoms with Crippen LogP contribution in [0.25, 0.3) is 10.9 Å². The first kappa shape index (κ1) is 14.7. The number of carbonyl (C=O) groups is 1. The highest BCUT2D eigenvalue weighted by molar-refractivity contribution is 7.09. The first-order chi connectivity index (χ1) is 10.7. The number of carbonyl (C=O) groups excluding carboxylic acids is 1. The zero-order chi connectivity index (χ0) is 15.5. The van der Waals surface area contributed by atoms with Crippen molar-refractivity contribution >= 4 is 33.8 Å². The summed E-state index contributed by atoms with van der Waals surface area (Å²) >= 11 is 1.54. The van der Waals surface area contributed by atoms with E-state index in [0.29, 0.717) is 6.54 Å². The van der Waals surface area contributed by atoms with Crippen molar-refractivity contribution in [3.8, 4) is 0 Å². The van der Waals surface area contributed by atoms with Gasteiger partial charge in [-0.15, -0.1) is 11.3 Å². The van der Waals surface area contributed by atoms with Gasteiger partial charge in [0, 0.05) is 29.9 Å². The van der Waals surface area contributed by atoms with E-state index in [1.54, 1.807) is 22.2 Å². The molecule has 0 fully saturated rings. The number of anilines is 1. The minimum absolute atomic E-state index is 0.0777. The van der Waals surface area contributed by atoms with Crippen LogP contribution in [-0.2, 0) is 24.7 Å². The van der Waals surface area contributed by atoms with E-state index < -0.39 is 0 Å². The van der Waals surface area contributed by atoms with Crippen LogP contribution in [0.1, 0.15) is 10.7 Å². The molecule has 0 spiro atoms. The molecule has 7 heteroatoms. The molecule has 114 valence electrons. The maximum atomic E-state index is 12.1. The first-order valence-corrected chi connectivity index (χ1v) is 7.88. The Labute approximate surface area is 132 Å². The molecule has 0 unspecified atom stereocenters. The third-order valence-corrected chi connectivity index (χ3v) is 4.29. The molecular weight excluding hydrogens is 298 g/mol. The van der Waals surface area contributed by atoms with E-state index in [-0.39, 0.29) is 12.3 Å². The van der Waals surface area contributed by atoms with Crippen LogP contribution < -0.4 is 11.1 Å². The SMILES string of the molecule is Cn1ncc2ccc(NC(=O)Cc3csc(CCN)n3)cc21. The minimum Gasteiger partial charge on any atom is -0.330 e. The number of aryl methyl sites for hydroxylation is 1. The van der Waals surface area contributed by atoms with Crippen LogP contribution in [0.5, 0.6) is 0 Å². The van der Waals surface area contributed by atoms with Crippen LogP contribution in [-0.4, -0.2) is 27.2 Å². The summed E-state index contributed by atoms with van der Waals surface area (Å²) in [6, 6.07) is 5.74. The summed E-state index contributed by atoms with van der Waals surface area (Å²) in [7, 11) is 1.88. The highest BCUT2D eigenvalue weighted by Crippen LogP contribution is 2.18. The number of fused-ring (bicyclic) bond motifs is 1.